The highest BCUT2D eigenvalue weighted by Crippen LogP contribution is 2.28. The lowest BCUT2D eigenvalue weighted by atomic mass is 9.96. The highest BCUT2D eigenvalue weighted by atomic mass is 16.5. The fraction of sp³-hybridized carbons (Fsp3) is 0.919. The number of hydrogen-bond donors (Lipinski definition) is 5. The lowest BCUT2D eigenvalue weighted by Gasteiger charge is -2.24. The fourth-order valence-corrected chi connectivity index (χ4v) is 6.74. The van der Waals surface area contributed by atoms with E-state index in [-0.39, 0.29) is 43.5 Å². The summed E-state index contributed by atoms with van der Waals surface area (Å²) in [6.07, 6.45) is 20.3. The van der Waals surface area contributed by atoms with E-state index in [1.807, 2.05) is 13.0 Å². The molecule has 0 saturated carbocycles. The highest BCUT2D eigenvalue weighted by Gasteiger charge is 2.31. The Morgan fingerprint density at radius 1 is 0.667 bits per heavy atom. The lowest BCUT2D eigenvalue weighted by Crippen LogP contribution is -2.33. The molecule has 1 fully saturated rings. The van der Waals surface area contributed by atoms with Crippen LogP contribution >= 0.6 is 0 Å². The van der Waals surface area contributed by atoms with Gasteiger partial charge in [0.2, 0.25) is 0 Å². The minimum atomic E-state index is -0.994. The Hall–Kier alpha value is -1.03. The van der Waals surface area contributed by atoms with Gasteiger partial charge in [0.25, 0.3) is 0 Å². The zero-order valence-electron chi connectivity index (χ0n) is 28.6. The maximum absolute atomic E-state index is 11.6. The summed E-state index contributed by atoms with van der Waals surface area (Å²) in [6.45, 7) is 4.11. The van der Waals surface area contributed by atoms with Crippen LogP contribution in [0.1, 0.15) is 168 Å². The first-order valence-corrected chi connectivity index (χ1v) is 18.7. The molecule has 0 radical (unpaired) electrons. The lowest BCUT2D eigenvalue weighted by molar-refractivity contribution is -0.139. The van der Waals surface area contributed by atoms with Crippen molar-refractivity contribution in [1.29, 1.82) is 0 Å². The van der Waals surface area contributed by atoms with Gasteiger partial charge in [0.05, 0.1) is 42.7 Å². The van der Waals surface area contributed by atoms with Crippen molar-refractivity contribution in [2.24, 2.45) is 0 Å². The predicted octanol–water partition coefficient (Wildman–Crippen LogP) is 6.81. The van der Waals surface area contributed by atoms with E-state index in [1.165, 1.54) is 64.2 Å². The molecule has 264 valence electrons. The summed E-state index contributed by atoms with van der Waals surface area (Å²) in [5.41, 5.74) is 0.837. The Bertz CT molecular complexity index is 788. The number of carbonyl (C=O) groups is 1. The van der Waals surface area contributed by atoms with E-state index < -0.39 is 30.5 Å². The number of rotatable bonds is 28. The van der Waals surface area contributed by atoms with Gasteiger partial charge in [-0.25, -0.2) is 4.79 Å². The predicted molar refractivity (Wildman–Crippen MR) is 179 cm³/mol. The number of carbonyl (C=O) groups excluding carboxylic acids is 1. The molecule has 0 amide bonds. The smallest absolute Gasteiger partial charge is 0.334 e. The van der Waals surface area contributed by atoms with E-state index in [0.29, 0.717) is 12.8 Å². The van der Waals surface area contributed by atoms with Crippen LogP contribution in [0.2, 0.25) is 0 Å². The molecule has 0 spiro atoms. The Labute approximate surface area is 274 Å². The van der Waals surface area contributed by atoms with Gasteiger partial charge in [-0.2, -0.15) is 0 Å². The summed E-state index contributed by atoms with van der Waals surface area (Å²) in [5, 5.41) is 52.0. The maximum Gasteiger partial charge on any atom is 0.334 e. The second kappa shape index (κ2) is 24.2. The second-order valence-electron chi connectivity index (χ2n) is 13.9. The first-order chi connectivity index (χ1) is 21.7. The van der Waals surface area contributed by atoms with Crippen LogP contribution in [-0.2, 0) is 14.3 Å². The van der Waals surface area contributed by atoms with Gasteiger partial charge in [0.15, 0.2) is 0 Å². The molecule has 8 nitrogen and oxygen atoms in total. The summed E-state index contributed by atoms with van der Waals surface area (Å²) in [7, 11) is 0. The number of aliphatic hydroxyl groups excluding tert-OH is 5. The third-order valence-electron chi connectivity index (χ3n) is 9.79. The van der Waals surface area contributed by atoms with Crippen LogP contribution in [0.4, 0.5) is 0 Å². The van der Waals surface area contributed by atoms with Crippen molar-refractivity contribution < 1.29 is 39.8 Å². The van der Waals surface area contributed by atoms with Crippen molar-refractivity contribution in [3.8, 4) is 0 Å². The molecule has 2 aliphatic heterocycles. The average molecular weight is 641 g/mol. The van der Waals surface area contributed by atoms with Crippen LogP contribution < -0.4 is 0 Å². The summed E-state index contributed by atoms with van der Waals surface area (Å²) < 4.78 is 11.3. The third-order valence-corrected chi connectivity index (χ3v) is 9.79. The van der Waals surface area contributed by atoms with E-state index in [1.54, 1.807) is 0 Å². The number of ether oxygens (including phenoxy) is 2. The van der Waals surface area contributed by atoms with Crippen LogP contribution in [0, 0.1) is 0 Å². The third kappa shape index (κ3) is 17.6. The van der Waals surface area contributed by atoms with E-state index in [4.69, 9.17) is 9.47 Å². The summed E-state index contributed by atoms with van der Waals surface area (Å²) >= 11 is 0. The van der Waals surface area contributed by atoms with Crippen molar-refractivity contribution in [2.75, 3.05) is 0 Å². The molecule has 1 saturated heterocycles. The number of unbranched alkanes of at least 4 members (excludes halogenated alkanes) is 13. The molecule has 2 heterocycles. The van der Waals surface area contributed by atoms with Gasteiger partial charge in [0, 0.05) is 5.57 Å². The van der Waals surface area contributed by atoms with Gasteiger partial charge in [-0.3, -0.25) is 0 Å². The molecule has 0 unspecified atom stereocenters. The number of aliphatic hydroxyl groups is 5. The van der Waals surface area contributed by atoms with Crippen LogP contribution in [0.5, 0.6) is 0 Å². The van der Waals surface area contributed by atoms with Crippen molar-refractivity contribution in [2.45, 2.75) is 217 Å². The standard InChI is InChI=1S/C37H68O8/c1-3-4-5-6-7-11-14-17-20-31(38)32(39)22-23-33(40)34(41)24-25-35(42)36-26-21-30(45-36)19-16-13-10-8-9-12-15-18-29-27-28(2)44-37(29)43/h27-28,30-36,38-42H,3-26H2,1-2H3/t28-,30-,31-,32-,33-,34-,35+,36+/m0/s1. The van der Waals surface area contributed by atoms with Crippen LogP contribution in [0.25, 0.3) is 0 Å². The van der Waals surface area contributed by atoms with Gasteiger partial charge in [-0.15, -0.1) is 0 Å². The number of esters is 1. The first kappa shape index (κ1) is 40.1. The largest absolute Gasteiger partial charge is 0.455 e. The molecule has 8 atom stereocenters. The Morgan fingerprint density at radius 3 is 1.76 bits per heavy atom. The van der Waals surface area contributed by atoms with E-state index >= 15 is 0 Å². The second-order valence-corrected chi connectivity index (χ2v) is 13.9. The summed E-state index contributed by atoms with van der Waals surface area (Å²) in [4.78, 5) is 11.6. The molecule has 0 aromatic heterocycles. The molecule has 8 heteroatoms. The minimum absolute atomic E-state index is 0.0747. The number of cyclic esters (lactones) is 1. The zero-order chi connectivity index (χ0) is 32.9. The fourth-order valence-electron chi connectivity index (χ4n) is 6.74. The van der Waals surface area contributed by atoms with E-state index in [0.717, 1.165) is 63.4 Å². The van der Waals surface area contributed by atoms with Crippen LogP contribution in [0.3, 0.4) is 0 Å². The summed E-state index contributed by atoms with van der Waals surface area (Å²) in [6, 6.07) is 0. The molecule has 45 heavy (non-hydrogen) atoms. The maximum atomic E-state index is 11.6. The average Bonchev–Trinajstić information content (AvgIpc) is 3.63. The van der Waals surface area contributed by atoms with Crippen molar-refractivity contribution in [3.05, 3.63) is 11.6 Å². The molecular weight excluding hydrogens is 572 g/mol. The Balaban J connectivity index is 1.44. The highest BCUT2D eigenvalue weighted by molar-refractivity contribution is 5.90. The molecule has 0 aliphatic carbocycles. The molecular formula is C37H68O8. The van der Waals surface area contributed by atoms with Gasteiger partial charge >= 0.3 is 5.97 Å². The van der Waals surface area contributed by atoms with E-state index in [9.17, 15) is 30.3 Å². The van der Waals surface area contributed by atoms with Gasteiger partial charge < -0.3 is 35.0 Å². The molecule has 0 aromatic rings. The molecule has 0 bridgehead atoms. The van der Waals surface area contributed by atoms with Gasteiger partial charge in [-0.05, 0) is 77.2 Å². The molecule has 2 rings (SSSR count). The number of hydrogen-bond acceptors (Lipinski definition) is 8. The van der Waals surface area contributed by atoms with Gasteiger partial charge in [-0.1, -0.05) is 96.8 Å². The van der Waals surface area contributed by atoms with Gasteiger partial charge in [0.1, 0.15) is 6.10 Å². The van der Waals surface area contributed by atoms with Crippen molar-refractivity contribution in [1.82, 2.24) is 0 Å². The quantitative estimate of drug-likeness (QED) is 0.0465. The molecule has 5 N–H and O–H groups in total. The van der Waals surface area contributed by atoms with Crippen molar-refractivity contribution in [3.63, 3.8) is 0 Å². The Kier molecular flexibility index (Phi) is 21.6. The van der Waals surface area contributed by atoms with Crippen LogP contribution in [-0.4, -0.2) is 80.3 Å². The monoisotopic (exact) mass is 640 g/mol. The van der Waals surface area contributed by atoms with Crippen LogP contribution in [0.15, 0.2) is 11.6 Å². The molecule has 2 aliphatic rings. The minimum Gasteiger partial charge on any atom is -0.455 e. The molecule has 0 aromatic carbocycles. The zero-order valence-corrected chi connectivity index (χ0v) is 28.6. The van der Waals surface area contributed by atoms with E-state index in [2.05, 4.69) is 6.92 Å². The van der Waals surface area contributed by atoms with Crippen molar-refractivity contribution >= 4 is 5.97 Å². The normalized spacial score (nSPS) is 23.5. The Morgan fingerprint density at radius 2 is 1.18 bits per heavy atom. The SMILES string of the molecule is CCCCCCCCCC[C@H](O)[C@@H](O)CC[C@H](O)[C@@H](O)CC[C@@H](O)[C@H]1CC[C@H](CCCCCCCCCC2=C[C@H](C)OC2=O)O1. The topological polar surface area (TPSA) is 137 Å². The first-order valence-electron chi connectivity index (χ1n) is 18.7. The summed E-state index contributed by atoms with van der Waals surface area (Å²) in [5.74, 6) is -0.147.